The summed E-state index contributed by atoms with van der Waals surface area (Å²) < 4.78 is 27.7. The summed E-state index contributed by atoms with van der Waals surface area (Å²) in [4.78, 5) is 37.3. The van der Waals surface area contributed by atoms with Crippen LogP contribution < -0.4 is 20.7 Å². The minimum atomic E-state index is -3.91. The van der Waals surface area contributed by atoms with Gasteiger partial charge in [0.15, 0.2) is 0 Å². The molecule has 0 bridgehead atoms. The van der Waals surface area contributed by atoms with E-state index >= 15 is 0 Å². The van der Waals surface area contributed by atoms with Gasteiger partial charge in [0.2, 0.25) is 10.0 Å². The second-order valence-corrected chi connectivity index (χ2v) is 11.6. The van der Waals surface area contributed by atoms with Crippen molar-refractivity contribution < 1.29 is 27.9 Å². The van der Waals surface area contributed by atoms with Crippen molar-refractivity contribution in [3.8, 4) is 0 Å². The summed E-state index contributed by atoms with van der Waals surface area (Å²) in [5.41, 5.74) is 2.26. The zero-order chi connectivity index (χ0) is 28.9. The number of rotatable bonds is 10. The van der Waals surface area contributed by atoms with Gasteiger partial charge in [0.25, 0.3) is 5.91 Å². The molecule has 40 heavy (non-hydrogen) atoms. The Hall–Kier alpha value is -3.80. The molecule has 0 spiro atoms. The van der Waals surface area contributed by atoms with Gasteiger partial charge in [-0.3, -0.25) is 9.52 Å². The van der Waals surface area contributed by atoms with E-state index in [1.807, 2.05) is 24.3 Å². The maximum atomic E-state index is 13.0. The number of carbonyl (C=O) groups is 3. The smallest absolute Gasteiger partial charge is 0.328 e. The number of amides is 3. The van der Waals surface area contributed by atoms with E-state index in [-0.39, 0.29) is 33.1 Å². The molecular weight excluding hydrogens is 579 g/mol. The van der Waals surface area contributed by atoms with Crippen LogP contribution in [0.25, 0.3) is 0 Å². The number of anilines is 1. The van der Waals surface area contributed by atoms with Crippen LogP contribution in [0, 0.1) is 0 Å². The van der Waals surface area contributed by atoms with E-state index in [0.717, 1.165) is 17.5 Å². The molecule has 210 valence electrons. The summed E-state index contributed by atoms with van der Waals surface area (Å²) >= 11 is 12.5. The molecule has 3 amide bonds. The Kier molecular flexibility index (Phi) is 9.18. The Bertz CT molecular complexity index is 1540. The number of hydrogen-bond donors (Lipinski definition) is 5. The fourth-order valence-corrected chi connectivity index (χ4v) is 6.23. The monoisotopic (exact) mass is 604 g/mol. The first-order valence-corrected chi connectivity index (χ1v) is 14.6. The molecule has 3 aromatic carbocycles. The van der Waals surface area contributed by atoms with Gasteiger partial charge in [-0.05, 0) is 41.7 Å². The number of urea groups is 1. The highest BCUT2D eigenvalue weighted by atomic mass is 35.5. The summed E-state index contributed by atoms with van der Waals surface area (Å²) in [7, 11) is -3.91. The molecule has 0 radical (unpaired) electrons. The molecule has 0 saturated heterocycles. The third-order valence-corrected chi connectivity index (χ3v) is 8.24. The average Bonchev–Trinajstić information content (AvgIpc) is 3.31. The lowest BCUT2D eigenvalue weighted by molar-refractivity contribution is -0.139. The van der Waals surface area contributed by atoms with Gasteiger partial charge < -0.3 is 21.1 Å². The minimum absolute atomic E-state index is 0.103. The van der Waals surface area contributed by atoms with E-state index in [2.05, 4.69) is 20.7 Å². The number of aryl methyl sites for hydroxylation is 1. The van der Waals surface area contributed by atoms with Crippen molar-refractivity contribution in [2.45, 2.75) is 30.7 Å². The largest absolute Gasteiger partial charge is 0.480 e. The number of benzene rings is 3. The first kappa shape index (κ1) is 29.2. The quantitative estimate of drug-likeness (QED) is 0.235. The van der Waals surface area contributed by atoms with Crippen LogP contribution in [0.5, 0.6) is 0 Å². The van der Waals surface area contributed by atoms with Crippen molar-refractivity contribution in [3.05, 3.63) is 99.0 Å². The molecule has 1 aliphatic rings. The highest BCUT2D eigenvalue weighted by Gasteiger charge is 2.27. The van der Waals surface area contributed by atoms with E-state index in [1.54, 1.807) is 30.3 Å². The SMILES string of the molecule is O=C(NC[C@H](NC(=O)c1c(Cl)ccc(NS(=O)(=O)Cc2ccccc2)c1Cl)C(=O)O)N[C@@H]1CCc2ccccc21. The van der Waals surface area contributed by atoms with Gasteiger partial charge in [0.1, 0.15) is 6.04 Å². The van der Waals surface area contributed by atoms with E-state index in [9.17, 15) is 27.9 Å². The number of carboxylic acid groups (broad SMARTS) is 1. The summed E-state index contributed by atoms with van der Waals surface area (Å²) in [5, 5.41) is 16.8. The van der Waals surface area contributed by atoms with Crippen molar-refractivity contribution >= 4 is 56.8 Å². The summed E-state index contributed by atoms with van der Waals surface area (Å²) in [6, 6.07) is 16.4. The third-order valence-electron chi connectivity index (χ3n) is 6.29. The predicted molar refractivity (Wildman–Crippen MR) is 152 cm³/mol. The van der Waals surface area contributed by atoms with Crippen molar-refractivity contribution in [1.29, 1.82) is 0 Å². The van der Waals surface area contributed by atoms with Crippen molar-refractivity contribution in [1.82, 2.24) is 16.0 Å². The Morgan fingerprint density at radius 3 is 2.40 bits per heavy atom. The summed E-state index contributed by atoms with van der Waals surface area (Å²) in [6.45, 7) is -0.431. The second kappa shape index (κ2) is 12.6. The maximum Gasteiger partial charge on any atom is 0.328 e. The van der Waals surface area contributed by atoms with Crippen LogP contribution in [-0.2, 0) is 27.0 Å². The first-order chi connectivity index (χ1) is 19.0. The number of hydrogen-bond acceptors (Lipinski definition) is 5. The minimum Gasteiger partial charge on any atom is -0.480 e. The molecular formula is C27H26Cl2N4O6S. The number of aliphatic carboxylic acids is 1. The standard InChI is InChI=1S/C27H26Cl2N4O6S/c28-19-11-13-21(33-40(38,39)15-16-6-2-1-3-7-16)24(29)23(19)25(34)31-22(26(35)36)14-30-27(37)32-20-12-10-17-8-4-5-9-18(17)20/h1-9,11,13,20,22,33H,10,12,14-15H2,(H,31,34)(H,35,36)(H2,30,32,37)/t20-,22+/m1/s1. The highest BCUT2D eigenvalue weighted by molar-refractivity contribution is 7.91. The Morgan fingerprint density at radius 2 is 1.68 bits per heavy atom. The molecule has 3 aromatic rings. The van der Waals surface area contributed by atoms with Crippen LogP contribution in [0.3, 0.4) is 0 Å². The highest BCUT2D eigenvalue weighted by Crippen LogP contribution is 2.33. The zero-order valence-corrected chi connectivity index (χ0v) is 23.3. The van der Waals surface area contributed by atoms with E-state index in [0.29, 0.717) is 12.0 Å². The van der Waals surface area contributed by atoms with E-state index in [4.69, 9.17) is 23.2 Å². The molecule has 0 saturated carbocycles. The Labute approximate surface area is 241 Å². The third kappa shape index (κ3) is 7.23. The average molecular weight is 606 g/mol. The number of carboxylic acids is 1. The fraction of sp³-hybridized carbons (Fsp3) is 0.222. The van der Waals surface area contributed by atoms with Crippen LogP contribution in [0.1, 0.15) is 39.5 Å². The van der Waals surface area contributed by atoms with Crippen LogP contribution in [-0.4, -0.2) is 44.0 Å². The lowest BCUT2D eigenvalue weighted by Gasteiger charge is -2.19. The number of nitrogens with one attached hydrogen (secondary N) is 4. The van der Waals surface area contributed by atoms with Gasteiger partial charge in [0, 0.05) is 0 Å². The normalized spacial score (nSPS) is 15.0. The Morgan fingerprint density at radius 1 is 0.975 bits per heavy atom. The molecule has 10 nitrogen and oxygen atoms in total. The number of carbonyl (C=O) groups excluding carboxylic acids is 2. The first-order valence-electron chi connectivity index (χ1n) is 12.2. The molecule has 0 unspecified atom stereocenters. The zero-order valence-electron chi connectivity index (χ0n) is 21.0. The lowest BCUT2D eigenvalue weighted by Crippen LogP contribution is -2.50. The van der Waals surface area contributed by atoms with Gasteiger partial charge in [-0.2, -0.15) is 0 Å². The maximum absolute atomic E-state index is 13.0. The van der Waals surface area contributed by atoms with Crippen molar-refractivity contribution in [2.75, 3.05) is 11.3 Å². The number of fused-ring (bicyclic) bond motifs is 1. The van der Waals surface area contributed by atoms with Crippen LogP contribution in [0.4, 0.5) is 10.5 Å². The lowest BCUT2D eigenvalue weighted by atomic mass is 10.1. The van der Waals surface area contributed by atoms with Crippen LogP contribution in [0.15, 0.2) is 66.7 Å². The van der Waals surface area contributed by atoms with Gasteiger partial charge >= 0.3 is 12.0 Å². The van der Waals surface area contributed by atoms with Gasteiger partial charge in [-0.1, -0.05) is 77.8 Å². The second-order valence-electron chi connectivity index (χ2n) is 9.14. The molecule has 0 aliphatic heterocycles. The van der Waals surface area contributed by atoms with Crippen LogP contribution in [0.2, 0.25) is 10.0 Å². The molecule has 2 atom stereocenters. The molecule has 5 N–H and O–H groups in total. The predicted octanol–water partition coefficient (Wildman–Crippen LogP) is 4.11. The molecule has 0 aromatic heterocycles. The molecule has 1 aliphatic carbocycles. The molecule has 0 heterocycles. The van der Waals surface area contributed by atoms with Crippen LogP contribution >= 0.6 is 23.2 Å². The summed E-state index contributed by atoms with van der Waals surface area (Å²) in [6.07, 6.45) is 1.53. The van der Waals surface area contributed by atoms with Crippen molar-refractivity contribution in [2.24, 2.45) is 0 Å². The van der Waals surface area contributed by atoms with Crippen molar-refractivity contribution in [3.63, 3.8) is 0 Å². The van der Waals surface area contributed by atoms with E-state index < -0.39 is 40.5 Å². The number of halogens is 2. The fourth-order valence-electron chi connectivity index (χ4n) is 4.38. The van der Waals surface area contributed by atoms with Gasteiger partial charge in [-0.15, -0.1) is 0 Å². The summed E-state index contributed by atoms with van der Waals surface area (Å²) in [5.74, 6) is -2.71. The molecule has 0 fully saturated rings. The van der Waals surface area contributed by atoms with Gasteiger partial charge in [-0.25, -0.2) is 18.0 Å². The topological polar surface area (TPSA) is 154 Å². The molecule has 4 rings (SSSR count). The number of sulfonamides is 1. The molecule has 13 heteroatoms. The van der Waals surface area contributed by atoms with Gasteiger partial charge in [0.05, 0.1) is 39.6 Å². The Balaban J connectivity index is 1.40. The van der Waals surface area contributed by atoms with E-state index in [1.165, 1.54) is 12.1 Å².